The Bertz CT molecular complexity index is 840. The van der Waals surface area contributed by atoms with Crippen LogP contribution in [-0.2, 0) is 12.7 Å². The van der Waals surface area contributed by atoms with Crippen molar-refractivity contribution in [3.63, 3.8) is 0 Å². The molecule has 0 radical (unpaired) electrons. The van der Waals surface area contributed by atoms with E-state index in [0.717, 1.165) is 11.1 Å². The summed E-state index contributed by atoms with van der Waals surface area (Å²) in [6.07, 6.45) is -4.46. The molecule has 3 aromatic rings. The van der Waals surface area contributed by atoms with Crippen LogP contribution in [0.25, 0.3) is 11.3 Å². The minimum atomic E-state index is -4.46. The Morgan fingerprint density at radius 2 is 1.38 bits per heavy atom. The predicted octanol–water partition coefficient (Wildman–Crippen LogP) is 6.75. The third-order valence-corrected chi connectivity index (χ3v) is 5.25. The van der Waals surface area contributed by atoms with Crippen LogP contribution < -0.4 is 0 Å². The molecule has 0 saturated heterocycles. The van der Waals surface area contributed by atoms with Gasteiger partial charge in [0.2, 0.25) is 0 Å². The first-order chi connectivity index (χ1) is 11.4. The molecular formula is C18H12Br2F3N. The fourth-order valence-electron chi connectivity index (χ4n) is 2.60. The van der Waals surface area contributed by atoms with Gasteiger partial charge in [-0.05, 0) is 43.0 Å². The minimum Gasteiger partial charge on any atom is -0.329 e. The van der Waals surface area contributed by atoms with Crippen molar-refractivity contribution in [1.82, 2.24) is 4.57 Å². The second kappa shape index (κ2) is 6.76. The summed E-state index contributed by atoms with van der Waals surface area (Å²) in [6.45, 7) is 0.334. The molecule has 0 atom stereocenters. The molecule has 0 bridgehead atoms. The highest BCUT2D eigenvalue weighted by Gasteiger charge is 2.40. The smallest absolute Gasteiger partial charge is 0.329 e. The van der Waals surface area contributed by atoms with E-state index in [1.54, 1.807) is 16.7 Å². The van der Waals surface area contributed by atoms with Crippen molar-refractivity contribution in [2.24, 2.45) is 0 Å². The lowest BCUT2D eigenvalue weighted by Gasteiger charge is -2.12. The number of nitrogens with zero attached hydrogens (tertiary/aromatic N) is 1. The molecule has 0 aliphatic rings. The van der Waals surface area contributed by atoms with E-state index in [-0.39, 0.29) is 9.08 Å². The average Bonchev–Trinajstić information content (AvgIpc) is 2.79. The normalized spacial score (nSPS) is 11.7. The monoisotopic (exact) mass is 457 g/mol. The highest BCUT2D eigenvalue weighted by atomic mass is 79.9. The topological polar surface area (TPSA) is 4.93 Å². The van der Waals surface area contributed by atoms with E-state index in [0.29, 0.717) is 12.2 Å². The summed E-state index contributed by atoms with van der Waals surface area (Å²) >= 11 is 6.32. The van der Waals surface area contributed by atoms with Gasteiger partial charge < -0.3 is 4.57 Å². The third kappa shape index (κ3) is 3.30. The summed E-state index contributed by atoms with van der Waals surface area (Å²) in [5, 5.41) is 0. The van der Waals surface area contributed by atoms with Crippen LogP contribution in [0.4, 0.5) is 13.2 Å². The van der Waals surface area contributed by atoms with Gasteiger partial charge in [0.25, 0.3) is 0 Å². The lowest BCUT2D eigenvalue weighted by atomic mass is 10.1. The molecule has 0 aliphatic carbocycles. The number of aromatic nitrogens is 1. The molecule has 1 heterocycles. The van der Waals surface area contributed by atoms with Crippen molar-refractivity contribution in [2.45, 2.75) is 12.7 Å². The van der Waals surface area contributed by atoms with Gasteiger partial charge in [-0.25, -0.2) is 0 Å². The largest absolute Gasteiger partial charge is 0.420 e. The van der Waals surface area contributed by atoms with Gasteiger partial charge in [0.1, 0.15) is 5.56 Å². The Balaban J connectivity index is 2.22. The molecule has 0 fully saturated rings. The second-order valence-electron chi connectivity index (χ2n) is 5.26. The van der Waals surface area contributed by atoms with Crippen molar-refractivity contribution in [3.05, 3.63) is 80.9 Å². The van der Waals surface area contributed by atoms with Gasteiger partial charge in [0.05, 0.1) is 14.8 Å². The molecule has 0 saturated carbocycles. The fourth-order valence-corrected chi connectivity index (χ4v) is 4.44. The summed E-state index contributed by atoms with van der Waals surface area (Å²) in [6, 6.07) is 18.5. The molecule has 124 valence electrons. The van der Waals surface area contributed by atoms with E-state index in [4.69, 9.17) is 0 Å². The van der Waals surface area contributed by atoms with Gasteiger partial charge in [-0.2, -0.15) is 13.2 Å². The summed E-state index contributed by atoms with van der Waals surface area (Å²) in [5.41, 5.74) is 1.44. The fraction of sp³-hybridized carbons (Fsp3) is 0.111. The van der Waals surface area contributed by atoms with Crippen LogP contribution in [0.15, 0.2) is 69.7 Å². The van der Waals surface area contributed by atoms with Crippen molar-refractivity contribution in [3.8, 4) is 11.3 Å². The maximum Gasteiger partial charge on any atom is 0.420 e. The Labute approximate surface area is 154 Å². The van der Waals surface area contributed by atoms with E-state index >= 15 is 0 Å². The molecule has 24 heavy (non-hydrogen) atoms. The van der Waals surface area contributed by atoms with Crippen LogP contribution in [0.2, 0.25) is 0 Å². The number of hydrogen-bond acceptors (Lipinski definition) is 0. The summed E-state index contributed by atoms with van der Waals surface area (Å²) < 4.78 is 42.2. The third-order valence-electron chi connectivity index (χ3n) is 3.65. The van der Waals surface area contributed by atoms with Crippen molar-refractivity contribution in [2.75, 3.05) is 0 Å². The SMILES string of the molecule is FC(F)(F)c1c(Br)c(-c2ccccc2)n(Cc2ccccc2)c1Br. The van der Waals surface area contributed by atoms with Crippen molar-refractivity contribution < 1.29 is 13.2 Å². The quantitative estimate of drug-likeness (QED) is 0.409. The summed E-state index contributed by atoms with van der Waals surface area (Å²) in [7, 11) is 0. The van der Waals surface area contributed by atoms with Gasteiger partial charge in [-0.1, -0.05) is 60.7 Å². The number of hydrogen-bond donors (Lipinski definition) is 0. The highest BCUT2D eigenvalue weighted by molar-refractivity contribution is 9.11. The van der Waals surface area contributed by atoms with Crippen LogP contribution in [-0.4, -0.2) is 4.57 Å². The Morgan fingerprint density at radius 3 is 1.92 bits per heavy atom. The molecule has 0 N–H and O–H groups in total. The Morgan fingerprint density at radius 1 is 0.833 bits per heavy atom. The van der Waals surface area contributed by atoms with E-state index in [1.807, 2.05) is 48.5 Å². The van der Waals surface area contributed by atoms with Crippen LogP contribution in [0.1, 0.15) is 11.1 Å². The Hall–Kier alpha value is -1.53. The molecule has 2 aromatic carbocycles. The zero-order valence-electron chi connectivity index (χ0n) is 12.3. The van der Waals surface area contributed by atoms with Crippen LogP contribution in [0, 0.1) is 0 Å². The minimum absolute atomic E-state index is 0.0181. The zero-order chi connectivity index (χ0) is 17.3. The predicted molar refractivity (Wildman–Crippen MR) is 95.8 cm³/mol. The standard InChI is InChI=1S/C18H12Br2F3N/c19-15-14(18(21,22)23)17(20)24(11-12-7-3-1-4-8-12)16(15)13-9-5-2-6-10-13/h1-10H,11H2. The molecule has 0 amide bonds. The Kier molecular flexibility index (Phi) is 4.88. The van der Waals surface area contributed by atoms with E-state index in [1.165, 1.54) is 0 Å². The molecule has 0 aliphatic heterocycles. The first kappa shape index (κ1) is 17.3. The maximum atomic E-state index is 13.5. The van der Waals surface area contributed by atoms with Crippen LogP contribution >= 0.6 is 31.9 Å². The van der Waals surface area contributed by atoms with Gasteiger partial charge in [-0.3, -0.25) is 0 Å². The number of benzene rings is 2. The maximum absolute atomic E-state index is 13.5. The lowest BCUT2D eigenvalue weighted by molar-refractivity contribution is -0.138. The molecular weight excluding hydrogens is 447 g/mol. The van der Waals surface area contributed by atoms with Gasteiger partial charge in [0.15, 0.2) is 0 Å². The van der Waals surface area contributed by atoms with E-state index in [2.05, 4.69) is 31.9 Å². The molecule has 1 aromatic heterocycles. The number of halogens is 5. The second-order valence-corrected chi connectivity index (χ2v) is 6.81. The van der Waals surface area contributed by atoms with Gasteiger partial charge in [0, 0.05) is 6.54 Å². The average molecular weight is 459 g/mol. The molecule has 0 unspecified atom stereocenters. The molecule has 0 spiro atoms. The van der Waals surface area contributed by atoms with Crippen molar-refractivity contribution in [1.29, 1.82) is 0 Å². The highest BCUT2D eigenvalue weighted by Crippen LogP contribution is 2.46. The zero-order valence-corrected chi connectivity index (χ0v) is 15.5. The molecule has 1 nitrogen and oxygen atoms in total. The number of alkyl halides is 3. The van der Waals surface area contributed by atoms with E-state index < -0.39 is 11.7 Å². The van der Waals surface area contributed by atoms with Crippen LogP contribution in [0.3, 0.4) is 0 Å². The lowest BCUT2D eigenvalue weighted by Crippen LogP contribution is -2.07. The molecule has 3 rings (SSSR count). The number of rotatable bonds is 3. The first-order valence-corrected chi connectivity index (χ1v) is 8.72. The molecule has 6 heteroatoms. The summed E-state index contributed by atoms with van der Waals surface area (Å²) in [4.78, 5) is 0. The summed E-state index contributed by atoms with van der Waals surface area (Å²) in [5.74, 6) is 0. The van der Waals surface area contributed by atoms with Crippen LogP contribution in [0.5, 0.6) is 0 Å². The van der Waals surface area contributed by atoms with Crippen molar-refractivity contribution >= 4 is 31.9 Å². The van der Waals surface area contributed by atoms with Gasteiger partial charge >= 0.3 is 6.18 Å². The van der Waals surface area contributed by atoms with E-state index in [9.17, 15) is 13.2 Å². The first-order valence-electron chi connectivity index (χ1n) is 7.13. The van der Waals surface area contributed by atoms with Gasteiger partial charge in [-0.15, -0.1) is 0 Å².